The van der Waals surface area contributed by atoms with E-state index in [0.29, 0.717) is 13.2 Å². The molecular weight excluding hydrogens is 458 g/mol. The lowest BCUT2D eigenvalue weighted by atomic mass is 9.93. The maximum Gasteiger partial charge on any atom is 0.128 e. The Hall–Kier alpha value is -3.45. The number of anilines is 3. The molecule has 0 aliphatic carbocycles. The van der Waals surface area contributed by atoms with Crippen molar-refractivity contribution in [2.75, 3.05) is 54.5 Å². The predicted octanol–water partition coefficient (Wildman–Crippen LogP) is 5.26. The Balaban J connectivity index is 1.23. The third-order valence-electron chi connectivity index (χ3n) is 7.91. The van der Waals surface area contributed by atoms with Crippen molar-refractivity contribution in [1.82, 2.24) is 15.3 Å². The van der Waals surface area contributed by atoms with Gasteiger partial charge in [-0.15, -0.1) is 0 Å². The first kappa shape index (κ1) is 23.9. The number of rotatable bonds is 6. The molecule has 1 atom stereocenters. The summed E-state index contributed by atoms with van der Waals surface area (Å²) in [6.45, 7) is 7.93. The van der Waals surface area contributed by atoms with Gasteiger partial charge in [0.2, 0.25) is 0 Å². The quantitative estimate of drug-likeness (QED) is 0.486. The molecule has 37 heavy (non-hydrogen) atoms. The molecule has 5 heterocycles. The van der Waals surface area contributed by atoms with E-state index in [4.69, 9.17) is 9.98 Å². The Morgan fingerprint density at radius 1 is 0.865 bits per heavy atom. The Kier molecular flexibility index (Phi) is 7.04. The van der Waals surface area contributed by atoms with E-state index in [0.717, 1.165) is 49.0 Å². The monoisotopic (exact) mass is 495 g/mol. The van der Waals surface area contributed by atoms with E-state index in [1.165, 1.54) is 54.5 Å². The van der Waals surface area contributed by atoms with Crippen LogP contribution in [0, 0.1) is 0 Å². The van der Waals surface area contributed by atoms with E-state index in [1.807, 2.05) is 18.6 Å². The van der Waals surface area contributed by atoms with Crippen molar-refractivity contribution in [2.24, 2.45) is 4.99 Å². The summed E-state index contributed by atoms with van der Waals surface area (Å²) in [6, 6.07) is 13.6. The number of nitrogens with one attached hydrogen (secondary N) is 2. The first-order valence-electron chi connectivity index (χ1n) is 13.8. The lowest BCUT2D eigenvalue weighted by Gasteiger charge is -2.28. The zero-order valence-electron chi connectivity index (χ0n) is 21.8. The van der Waals surface area contributed by atoms with Gasteiger partial charge >= 0.3 is 0 Å². The van der Waals surface area contributed by atoms with Gasteiger partial charge in [0.25, 0.3) is 0 Å². The number of benzene rings is 1. The molecule has 6 rings (SSSR count). The standard InChI is InChI=1S/C30H37N7/c1-22-27-9-7-23(24-15-26(19-31-17-24)36-11-3-2-4-12-36)16-28(27)29(35-21-34-22)20-32-25-8-10-30(33-18-25)37-13-5-6-14-37/h7-10,15-19,22,32,34H,2-6,11-14,20-21H2,1H3. The van der Waals surface area contributed by atoms with Crippen molar-refractivity contribution >= 4 is 22.9 Å². The van der Waals surface area contributed by atoms with Gasteiger partial charge < -0.3 is 15.1 Å². The van der Waals surface area contributed by atoms with Gasteiger partial charge in [-0.1, -0.05) is 12.1 Å². The van der Waals surface area contributed by atoms with Crippen LogP contribution in [0.3, 0.4) is 0 Å². The van der Waals surface area contributed by atoms with Crippen LogP contribution in [0.15, 0.2) is 60.0 Å². The summed E-state index contributed by atoms with van der Waals surface area (Å²) >= 11 is 0. The van der Waals surface area contributed by atoms with Crippen molar-refractivity contribution in [2.45, 2.75) is 45.1 Å². The zero-order chi connectivity index (χ0) is 25.0. The van der Waals surface area contributed by atoms with Crippen LogP contribution in [0.1, 0.15) is 56.2 Å². The molecule has 1 unspecified atom stereocenters. The molecule has 192 valence electrons. The second kappa shape index (κ2) is 10.9. The third-order valence-corrected chi connectivity index (χ3v) is 7.91. The van der Waals surface area contributed by atoms with Crippen molar-refractivity contribution < 1.29 is 0 Å². The zero-order valence-corrected chi connectivity index (χ0v) is 21.8. The minimum absolute atomic E-state index is 0.240. The van der Waals surface area contributed by atoms with Crippen molar-refractivity contribution in [3.8, 4) is 11.1 Å². The van der Waals surface area contributed by atoms with Crippen LogP contribution >= 0.6 is 0 Å². The van der Waals surface area contributed by atoms with Gasteiger partial charge in [-0.25, -0.2) is 4.98 Å². The van der Waals surface area contributed by atoms with Gasteiger partial charge in [-0.05, 0) is 74.4 Å². The summed E-state index contributed by atoms with van der Waals surface area (Å²) in [5.41, 5.74) is 8.14. The summed E-state index contributed by atoms with van der Waals surface area (Å²) in [7, 11) is 0. The number of piperidine rings is 1. The number of hydrogen-bond acceptors (Lipinski definition) is 7. The molecule has 0 radical (unpaired) electrons. The van der Waals surface area contributed by atoms with Gasteiger partial charge in [0.15, 0.2) is 0 Å². The fourth-order valence-corrected chi connectivity index (χ4v) is 5.71. The van der Waals surface area contributed by atoms with E-state index < -0.39 is 0 Å². The van der Waals surface area contributed by atoms with Crippen LogP contribution in [-0.4, -0.2) is 55.1 Å². The van der Waals surface area contributed by atoms with E-state index in [9.17, 15) is 0 Å². The SMILES string of the molecule is CC1NCN=C(CNc2ccc(N3CCCC3)nc2)c2cc(-c3cncc(N4CCCCC4)c3)ccc21. The number of aromatic nitrogens is 2. The number of nitrogens with zero attached hydrogens (tertiary/aromatic N) is 5. The van der Waals surface area contributed by atoms with E-state index >= 15 is 0 Å². The summed E-state index contributed by atoms with van der Waals surface area (Å²) in [4.78, 5) is 19.1. The summed E-state index contributed by atoms with van der Waals surface area (Å²) in [5, 5.41) is 7.10. The molecule has 3 aromatic rings. The lowest BCUT2D eigenvalue weighted by molar-refractivity contribution is 0.577. The van der Waals surface area contributed by atoms with Crippen LogP contribution in [0.5, 0.6) is 0 Å². The minimum atomic E-state index is 0.240. The van der Waals surface area contributed by atoms with Crippen LogP contribution in [-0.2, 0) is 0 Å². The molecular formula is C30H37N7. The number of aliphatic imine (C=N–C) groups is 1. The first-order valence-corrected chi connectivity index (χ1v) is 13.8. The molecule has 3 aliphatic heterocycles. The average Bonchev–Trinajstić information content (AvgIpc) is 3.45. The van der Waals surface area contributed by atoms with Gasteiger partial charge in [-0.2, -0.15) is 0 Å². The number of pyridine rings is 2. The molecule has 2 fully saturated rings. The largest absolute Gasteiger partial charge is 0.378 e. The van der Waals surface area contributed by atoms with Crippen molar-refractivity contribution in [1.29, 1.82) is 0 Å². The van der Waals surface area contributed by atoms with Crippen LogP contribution < -0.4 is 20.4 Å². The third kappa shape index (κ3) is 5.32. The van der Waals surface area contributed by atoms with E-state index in [1.54, 1.807) is 0 Å². The number of fused-ring (bicyclic) bond motifs is 1. The Morgan fingerprint density at radius 2 is 1.68 bits per heavy atom. The molecule has 0 bridgehead atoms. The highest BCUT2D eigenvalue weighted by molar-refractivity contribution is 6.05. The highest BCUT2D eigenvalue weighted by atomic mass is 15.2. The Labute approximate surface area is 220 Å². The second-order valence-corrected chi connectivity index (χ2v) is 10.4. The summed E-state index contributed by atoms with van der Waals surface area (Å²) < 4.78 is 0. The average molecular weight is 496 g/mol. The number of hydrogen-bond donors (Lipinski definition) is 2. The minimum Gasteiger partial charge on any atom is -0.378 e. The molecule has 1 aromatic carbocycles. The summed E-state index contributed by atoms with van der Waals surface area (Å²) in [5.74, 6) is 1.07. The topological polar surface area (TPSA) is 68.7 Å². The molecule has 0 saturated carbocycles. The fourth-order valence-electron chi connectivity index (χ4n) is 5.71. The molecule has 2 saturated heterocycles. The lowest BCUT2D eigenvalue weighted by Crippen LogP contribution is -2.29. The van der Waals surface area contributed by atoms with Gasteiger partial charge in [0.05, 0.1) is 42.7 Å². The fraction of sp³-hybridized carbons (Fsp3) is 0.433. The highest BCUT2D eigenvalue weighted by Crippen LogP contribution is 2.30. The molecule has 0 spiro atoms. The predicted molar refractivity (Wildman–Crippen MR) is 153 cm³/mol. The van der Waals surface area contributed by atoms with E-state index in [-0.39, 0.29) is 6.04 Å². The smallest absolute Gasteiger partial charge is 0.128 e. The van der Waals surface area contributed by atoms with Crippen molar-refractivity contribution in [3.63, 3.8) is 0 Å². The highest BCUT2D eigenvalue weighted by Gasteiger charge is 2.20. The molecule has 2 aromatic heterocycles. The Morgan fingerprint density at radius 3 is 2.49 bits per heavy atom. The van der Waals surface area contributed by atoms with Gasteiger partial charge in [0.1, 0.15) is 5.82 Å². The second-order valence-electron chi connectivity index (χ2n) is 10.4. The molecule has 3 aliphatic rings. The molecule has 2 N–H and O–H groups in total. The molecule has 0 amide bonds. The maximum atomic E-state index is 4.93. The first-order chi connectivity index (χ1) is 18.2. The normalized spacial score (nSPS) is 19.8. The molecule has 7 heteroatoms. The summed E-state index contributed by atoms with van der Waals surface area (Å²) in [6.07, 6.45) is 12.3. The van der Waals surface area contributed by atoms with Gasteiger partial charge in [0, 0.05) is 49.5 Å². The van der Waals surface area contributed by atoms with E-state index in [2.05, 4.69) is 68.7 Å². The van der Waals surface area contributed by atoms with Crippen LogP contribution in [0.2, 0.25) is 0 Å². The maximum absolute atomic E-state index is 4.93. The van der Waals surface area contributed by atoms with Gasteiger partial charge in [-0.3, -0.25) is 15.3 Å². The Bertz CT molecular complexity index is 1240. The van der Waals surface area contributed by atoms with Crippen LogP contribution in [0.4, 0.5) is 17.2 Å². The van der Waals surface area contributed by atoms with Crippen molar-refractivity contribution in [3.05, 3.63) is 66.1 Å². The molecule has 7 nitrogen and oxygen atoms in total. The van der Waals surface area contributed by atoms with Crippen LogP contribution in [0.25, 0.3) is 11.1 Å².